The van der Waals surface area contributed by atoms with E-state index in [0.717, 1.165) is 67.6 Å². The second-order valence-corrected chi connectivity index (χ2v) is 35.9. The van der Waals surface area contributed by atoms with Crippen molar-refractivity contribution in [2.75, 3.05) is 13.2 Å². The SMILES string of the molecule is CC(C)CCC[C@@H](C)C1CC[C@H]2[C@H]3CC[C@H]4C[C@@H](OC(=O)N[C@H]5C(CO)O[C@@H](OC(=O)[C@]67CCC(C)(C)CC6C6=CCC8C9(C)CC[C@H](O)C(C)(C=O)[C@@H]9CCC8(C)C6(C)C[C@@H]7O)C(O[C@@H]6OC(C)[C@H](O[C@@H]7OC[C@@H](O)C(O)C7O)C(O)C6O)C5O)CCC4(C)C3CCC12C. The molecule has 540 valence electrons. The summed E-state index contributed by atoms with van der Waals surface area (Å²) in [6, 6.07) is -1.45. The van der Waals surface area contributed by atoms with Gasteiger partial charge in [-0.15, -0.1) is 0 Å². The summed E-state index contributed by atoms with van der Waals surface area (Å²) in [5.41, 5.74) is -2.41. The summed E-state index contributed by atoms with van der Waals surface area (Å²) in [7, 11) is 0. The van der Waals surface area contributed by atoms with Crippen LogP contribution in [0.1, 0.15) is 218 Å². The number of fused-ring (bicyclic) bond motifs is 12. The van der Waals surface area contributed by atoms with Crippen LogP contribution in [0, 0.1) is 102 Å². The minimum atomic E-state index is -1.95. The Kier molecular flexibility index (Phi) is 20.1. The molecule has 0 aromatic heterocycles. The van der Waals surface area contributed by atoms with E-state index in [4.69, 9.17) is 33.2 Å². The van der Waals surface area contributed by atoms with Crippen LogP contribution in [0.5, 0.6) is 0 Å². The molecule has 20 heteroatoms. The molecule has 0 spiro atoms. The zero-order valence-corrected chi connectivity index (χ0v) is 59.1. The van der Waals surface area contributed by atoms with E-state index in [-0.39, 0.29) is 46.3 Å². The van der Waals surface area contributed by atoms with Crippen molar-refractivity contribution in [3.05, 3.63) is 11.6 Å². The topological polar surface area (TPSA) is 310 Å². The lowest BCUT2D eigenvalue weighted by Crippen LogP contribution is -2.69. The average Bonchev–Trinajstić information content (AvgIpc) is 1.14. The van der Waals surface area contributed by atoms with E-state index in [1.165, 1.54) is 58.3 Å². The third-order valence-electron chi connectivity index (χ3n) is 30.3. The van der Waals surface area contributed by atoms with Crippen molar-refractivity contribution in [1.82, 2.24) is 5.32 Å². The molecule has 12 aliphatic rings. The number of carbonyl (C=O) groups is 3. The molecule has 3 heterocycles. The number of alkyl carbamates (subject to hydrolysis) is 1. The minimum Gasteiger partial charge on any atom is -0.446 e. The molecular weight excluding hydrogens is 1220 g/mol. The van der Waals surface area contributed by atoms with Gasteiger partial charge in [0.25, 0.3) is 0 Å². The van der Waals surface area contributed by atoms with Crippen LogP contribution in [0.2, 0.25) is 0 Å². The van der Waals surface area contributed by atoms with Crippen molar-refractivity contribution in [2.24, 2.45) is 102 Å². The van der Waals surface area contributed by atoms with Crippen LogP contribution in [0.3, 0.4) is 0 Å². The largest absolute Gasteiger partial charge is 0.446 e. The molecular formula is C75H121NO19. The lowest BCUT2D eigenvalue weighted by atomic mass is 9.33. The van der Waals surface area contributed by atoms with Crippen molar-refractivity contribution < 1.29 is 93.5 Å². The maximum absolute atomic E-state index is 16.0. The van der Waals surface area contributed by atoms with Crippen LogP contribution < -0.4 is 5.32 Å². The first-order chi connectivity index (χ1) is 44.7. The molecule has 8 saturated carbocycles. The van der Waals surface area contributed by atoms with Gasteiger partial charge >= 0.3 is 12.1 Å². The number of nitrogens with one attached hydrogen (secondary N) is 1. The van der Waals surface area contributed by atoms with Crippen LogP contribution in [0.25, 0.3) is 0 Å². The summed E-state index contributed by atoms with van der Waals surface area (Å²) in [5, 5.41) is 106. The Bertz CT molecular complexity index is 2810. The molecule has 18 unspecified atom stereocenters. The van der Waals surface area contributed by atoms with E-state index >= 15 is 4.79 Å². The number of allylic oxidation sites excluding steroid dienone is 2. The Morgan fingerprint density at radius 3 is 2.08 bits per heavy atom. The van der Waals surface area contributed by atoms with Crippen molar-refractivity contribution >= 4 is 18.3 Å². The number of aliphatic hydroxyl groups is 9. The molecule has 0 aromatic carbocycles. The van der Waals surface area contributed by atoms with E-state index in [9.17, 15) is 55.5 Å². The highest BCUT2D eigenvalue weighted by molar-refractivity contribution is 5.80. The van der Waals surface area contributed by atoms with E-state index in [1.54, 1.807) is 0 Å². The number of ether oxygens (including phenoxy) is 7. The molecule has 95 heavy (non-hydrogen) atoms. The summed E-state index contributed by atoms with van der Waals surface area (Å²) in [6.07, 6.45) is -2.80. The van der Waals surface area contributed by atoms with E-state index < -0.39 is 152 Å². The predicted molar refractivity (Wildman–Crippen MR) is 349 cm³/mol. The molecule has 9 aliphatic carbocycles. The van der Waals surface area contributed by atoms with Gasteiger partial charge in [0.2, 0.25) is 6.29 Å². The molecule has 0 aromatic rings. The Morgan fingerprint density at radius 1 is 0.674 bits per heavy atom. The van der Waals surface area contributed by atoms with E-state index in [0.29, 0.717) is 61.7 Å². The predicted octanol–water partition coefficient (Wildman–Crippen LogP) is 8.18. The van der Waals surface area contributed by atoms with Gasteiger partial charge in [-0.05, 0) is 214 Å². The number of carbonyl (C=O) groups excluding carboxylic acids is 3. The van der Waals surface area contributed by atoms with Crippen LogP contribution in [-0.4, -0.2) is 182 Å². The summed E-state index contributed by atoms with van der Waals surface area (Å²) in [4.78, 5) is 43.4. The van der Waals surface area contributed by atoms with Gasteiger partial charge in [0.1, 0.15) is 66.6 Å². The highest BCUT2D eigenvalue weighted by Crippen LogP contribution is 2.76. The summed E-state index contributed by atoms with van der Waals surface area (Å²) in [6.45, 7) is 25.7. The highest BCUT2D eigenvalue weighted by Gasteiger charge is 2.73. The molecule has 10 N–H and O–H groups in total. The molecule has 3 saturated heterocycles. The fourth-order valence-electron chi connectivity index (χ4n) is 24.5. The first-order valence-electron chi connectivity index (χ1n) is 37.3. The molecule has 1 amide bonds. The Balaban J connectivity index is 0.782. The van der Waals surface area contributed by atoms with Gasteiger partial charge in [-0.3, -0.25) is 4.79 Å². The summed E-state index contributed by atoms with van der Waals surface area (Å²) < 4.78 is 43.5. The average molecular weight is 1340 g/mol. The lowest BCUT2D eigenvalue weighted by molar-refractivity contribution is -0.370. The molecule has 33 atom stereocenters. The van der Waals surface area contributed by atoms with Gasteiger partial charge in [0.05, 0.1) is 43.0 Å². The zero-order chi connectivity index (χ0) is 68.7. The maximum Gasteiger partial charge on any atom is 0.407 e. The monoisotopic (exact) mass is 1340 g/mol. The molecule has 0 radical (unpaired) electrons. The Labute approximate surface area is 564 Å². The Hall–Kier alpha value is -2.41. The normalized spacial score (nSPS) is 52.7. The van der Waals surface area contributed by atoms with Gasteiger partial charge in [0.15, 0.2) is 18.7 Å². The molecule has 0 bridgehead atoms. The maximum atomic E-state index is 16.0. The van der Waals surface area contributed by atoms with Crippen molar-refractivity contribution in [2.45, 2.75) is 322 Å². The van der Waals surface area contributed by atoms with Gasteiger partial charge in [0, 0.05) is 0 Å². The fourth-order valence-corrected chi connectivity index (χ4v) is 24.5. The van der Waals surface area contributed by atoms with E-state index in [1.807, 2.05) is 6.92 Å². The molecule has 3 aliphatic heterocycles. The highest BCUT2D eigenvalue weighted by atomic mass is 16.8. The summed E-state index contributed by atoms with van der Waals surface area (Å²) >= 11 is 0. The number of amides is 1. The lowest BCUT2D eigenvalue weighted by Gasteiger charge is -2.71. The first-order valence-corrected chi connectivity index (χ1v) is 37.3. The van der Waals surface area contributed by atoms with Crippen molar-refractivity contribution in [3.63, 3.8) is 0 Å². The molecule has 20 nitrogen and oxygen atoms in total. The number of aldehydes is 1. The van der Waals surface area contributed by atoms with Crippen LogP contribution in [0.4, 0.5) is 4.79 Å². The fraction of sp³-hybridized carbons (Fsp3) is 0.933. The summed E-state index contributed by atoms with van der Waals surface area (Å²) in [5.74, 6) is 3.36. The molecule has 12 rings (SSSR count). The molecule has 11 fully saturated rings. The third-order valence-corrected chi connectivity index (χ3v) is 30.3. The third kappa shape index (κ3) is 11.9. The number of hydrogen-bond donors (Lipinski definition) is 10. The van der Waals surface area contributed by atoms with Crippen molar-refractivity contribution in [1.29, 1.82) is 0 Å². The van der Waals surface area contributed by atoms with Gasteiger partial charge < -0.3 is 89.2 Å². The number of esters is 1. The minimum absolute atomic E-state index is 0.0452. The van der Waals surface area contributed by atoms with Crippen LogP contribution in [-0.2, 0) is 42.7 Å². The quantitative estimate of drug-likeness (QED) is 0.0420. The number of hydrogen-bond acceptors (Lipinski definition) is 19. The first kappa shape index (κ1) is 72.4. The van der Waals surface area contributed by atoms with Gasteiger partial charge in [-0.25, -0.2) is 4.79 Å². The number of rotatable bonds is 15. The smallest absolute Gasteiger partial charge is 0.407 e. The second-order valence-electron chi connectivity index (χ2n) is 35.9. The standard InChI is InChI=1S/C75H121NO19/c1-38(2)14-13-15-39(3)44-18-19-45-43-17-16-41-32-42(22-26-69(41,7)46(43)23-27-70(44,45)8)91-67(88)76-55-50(35-77)92-65(62(57(55)83)94-64-60(86)58(84)61(40(4)90-64)93-63-59(85)56(82)49(79)36-89-63)95-66(87)75-31-30-68(5,6)33-48(75)47-20-21-52-71(9)28-25-53(80)72(10,37-78)51(71)24-29-73(52,11)74(47,12)34-54(75)81/h20,37-46,48-65,77,79-86H,13-19,21-36H2,1-12H3,(H,76,88)/t39-,40?,41+,42+,43-,44?,45+,46?,48?,49-,50?,51-,52?,53+,54+,55+,56?,57?,58?,59?,60?,61+,62?,63+,64+,65+,69?,70?,71?,72?,73?,74?,75-/m1/s1. The van der Waals surface area contributed by atoms with E-state index in [2.05, 4.69) is 80.6 Å². The van der Waals surface area contributed by atoms with Gasteiger partial charge in [-0.1, -0.05) is 107 Å². The van der Waals surface area contributed by atoms with Crippen molar-refractivity contribution in [3.8, 4) is 0 Å². The van der Waals surface area contributed by atoms with Crippen LogP contribution >= 0.6 is 0 Å². The zero-order valence-electron chi connectivity index (χ0n) is 59.1. The van der Waals surface area contributed by atoms with Gasteiger partial charge in [-0.2, -0.15) is 0 Å². The second kappa shape index (κ2) is 26.4. The number of aliphatic hydroxyl groups excluding tert-OH is 9. The van der Waals surface area contributed by atoms with Crippen LogP contribution in [0.15, 0.2) is 11.6 Å². The Morgan fingerprint density at radius 2 is 1.37 bits per heavy atom.